The van der Waals surface area contributed by atoms with Gasteiger partial charge in [-0.25, -0.2) is 0 Å². The molecule has 0 amide bonds. The molecular weight excluding hydrogens is 241 g/mol. The van der Waals surface area contributed by atoms with E-state index in [1.165, 1.54) is 24.3 Å². The Morgan fingerprint density at radius 1 is 1.25 bits per heavy atom. The van der Waals surface area contributed by atoms with Gasteiger partial charge >= 0.3 is 6.18 Å². The fraction of sp³-hybridized carbons (Fsp3) is 0.182. The molecule has 1 nitrogen and oxygen atoms in total. The molecule has 0 heterocycles. The van der Waals surface area contributed by atoms with Gasteiger partial charge in [0.15, 0.2) is 0 Å². The summed E-state index contributed by atoms with van der Waals surface area (Å²) in [5.74, 6) is 0. The van der Waals surface area contributed by atoms with E-state index in [2.05, 4.69) is 0 Å². The second kappa shape index (κ2) is 5.16. The van der Waals surface area contributed by atoms with Crippen molar-refractivity contribution >= 4 is 22.4 Å². The Bertz CT molecular complexity index is 395. The topological polar surface area (TPSA) is 17.1 Å². The molecule has 0 unspecified atom stereocenters. The lowest BCUT2D eigenvalue weighted by atomic mass is 10.0. The summed E-state index contributed by atoms with van der Waals surface area (Å²) in [6.07, 6.45) is -4.14. The van der Waals surface area contributed by atoms with Crippen LogP contribution in [0.2, 0.25) is 0 Å². The highest BCUT2D eigenvalue weighted by molar-refractivity contribution is 6.63. The highest BCUT2D eigenvalue weighted by Gasteiger charge is 2.34. The Morgan fingerprint density at radius 2 is 1.81 bits per heavy atom. The summed E-state index contributed by atoms with van der Waals surface area (Å²) in [6, 6.07) is 7.27. The third kappa shape index (κ3) is 3.70. The molecule has 0 aromatic heterocycles. The summed E-state index contributed by atoms with van der Waals surface area (Å²) < 4.78 is 37.9. The van der Waals surface area contributed by atoms with Crippen molar-refractivity contribution in [2.24, 2.45) is 0 Å². The van der Waals surface area contributed by atoms with Crippen molar-refractivity contribution in [1.29, 1.82) is 0 Å². The number of alkyl halides is 3. The zero-order valence-electron chi connectivity index (χ0n) is 8.09. The summed E-state index contributed by atoms with van der Waals surface area (Å²) in [7, 11) is 0. The monoisotopic (exact) mass is 248 g/mol. The quantitative estimate of drug-likeness (QED) is 0.744. The fourth-order valence-corrected chi connectivity index (χ4v) is 1.27. The molecule has 86 valence electrons. The number of halogens is 4. The van der Waals surface area contributed by atoms with E-state index in [-0.39, 0.29) is 5.56 Å². The van der Waals surface area contributed by atoms with Gasteiger partial charge in [-0.3, -0.25) is 4.79 Å². The molecule has 1 aromatic carbocycles. The van der Waals surface area contributed by atoms with E-state index in [4.69, 9.17) is 11.6 Å². The second-order valence-electron chi connectivity index (χ2n) is 3.04. The maximum Gasteiger partial charge on any atom is 0.416 e. The van der Waals surface area contributed by atoms with Crippen LogP contribution in [0.25, 0.3) is 5.57 Å². The normalized spacial score (nSPS) is 12.6. The van der Waals surface area contributed by atoms with Crippen LogP contribution in [0.5, 0.6) is 0 Å². The zero-order chi connectivity index (χ0) is 12.2. The van der Waals surface area contributed by atoms with Gasteiger partial charge in [0.1, 0.15) is 0 Å². The van der Waals surface area contributed by atoms with Crippen molar-refractivity contribution in [3.8, 4) is 0 Å². The van der Waals surface area contributed by atoms with Crippen LogP contribution in [0.4, 0.5) is 13.2 Å². The Hall–Kier alpha value is -1.29. The van der Waals surface area contributed by atoms with Crippen molar-refractivity contribution in [3.63, 3.8) is 0 Å². The Kier molecular flexibility index (Phi) is 4.12. The minimum Gasteiger partial charge on any atom is -0.281 e. The average molecular weight is 249 g/mol. The number of carbonyl (C=O) groups is 1. The lowest BCUT2D eigenvalue weighted by molar-refractivity contribution is -0.110. The SMILES string of the molecule is O=C(Cl)C/C=C(/c1ccccc1)C(F)(F)F. The molecule has 0 saturated carbocycles. The first-order chi connectivity index (χ1) is 7.41. The molecule has 0 saturated heterocycles. The van der Waals surface area contributed by atoms with Crippen LogP contribution >= 0.6 is 11.6 Å². The van der Waals surface area contributed by atoms with E-state index >= 15 is 0 Å². The van der Waals surface area contributed by atoms with Crippen LogP contribution in [0.15, 0.2) is 36.4 Å². The molecule has 1 aromatic rings. The van der Waals surface area contributed by atoms with Gasteiger partial charge in [0, 0.05) is 6.42 Å². The molecule has 5 heteroatoms. The van der Waals surface area contributed by atoms with Gasteiger partial charge in [-0.1, -0.05) is 36.4 Å². The van der Waals surface area contributed by atoms with E-state index in [0.717, 1.165) is 6.08 Å². The van der Waals surface area contributed by atoms with E-state index in [9.17, 15) is 18.0 Å². The predicted molar refractivity (Wildman–Crippen MR) is 56.0 cm³/mol. The summed E-state index contributed by atoms with van der Waals surface area (Å²) in [6.45, 7) is 0. The van der Waals surface area contributed by atoms with Gasteiger partial charge in [0.2, 0.25) is 5.24 Å². The first kappa shape index (κ1) is 12.8. The summed E-state index contributed by atoms with van der Waals surface area (Å²) >= 11 is 5.01. The van der Waals surface area contributed by atoms with Gasteiger partial charge in [0.25, 0.3) is 0 Å². The number of rotatable bonds is 3. The van der Waals surface area contributed by atoms with Crippen LogP contribution < -0.4 is 0 Å². The Morgan fingerprint density at radius 3 is 2.25 bits per heavy atom. The van der Waals surface area contributed by atoms with Crippen molar-refractivity contribution in [1.82, 2.24) is 0 Å². The Labute approximate surface area is 95.5 Å². The maximum absolute atomic E-state index is 12.6. The molecule has 0 spiro atoms. The summed E-state index contributed by atoms with van der Waals surface area (Å²) in [4.78, 5) is 10.5. The van der Waals surface area contributed by atoms with Gasteiger partial charge in [0.05, 0.1) is 5.57 Å². The minimum absolute atomic E-state index is 0.0212. The van der Waals surface area contributed by atoms with Crippen molar-refractivity contribution in [2.75, 3.05) is 0 Å². The lowest BCUT2D eigenvalue weighted by Gasteiger charge is -2.11. The van der Waals surface area contributed by atoms with Crippen LogP contribution in [-0.4, -0.2) is 11.4 Å². The number of hydrogen-bond acceptors (Lipinski definition) is 1. The van der Waals surface area contributed by atoms with E-state index < -0.39 is 23.4 Å². The number of allylic oxidation sites excluding steroid dienone is 2. The fourth-order valence-electron chi connectivity index (χ4n) is 1.20. The highest BCUT2D eigenvalue weighted by Crippen LogP contribution is 2.34. The molecular formula is C11H8ClF3O. The lowest BCUT2D eigenvalue weighted by Crippen LogP contribution is -2.11. The summed E-state index contributed by atoms with van der Waals surface area (Å²) in [5.41, 5.74) is -0.824. The largest absolute Gasteiger partial charge is 0.416 e. The van der Waals surface area contributed by atoms with Crippen molar-refractivity contribution in [2.45, 2.75) is 12.6 Å². The molecule has 0 atom stereocenters. The zero-order valence-corrected chi connectivity index (χ0v) is 8.85. The third-order valence-electron chi connectivity index (χ3n) is 1.86. The Balaban J connectivity index is 3.07. The standard InChI is InChI=1S/C11H8ClF3O/c12-10(16)7-6-9(11(13,14)15)8-4-2-1-3-5-8/h1-6H,7H2/b9-6-. The van der Waals surface area contributed by atoms with Crippen LogP contribution in [-0.2, 0) is 4.79 Å². The molecule has 1 rings (SSSR count). The molecule has 16 heavy (non-hydrogen) atoms. The van der Waals surface area contributed by atoms with E-state index in [1.54, 1.807) is 6.07 Å². The van der Waals surface area contributed by atoms with Crippen molar-refractivity contribution in [3.05, 3.63) is 42.0 Å². The summed E-state index contributed by atoms with van der Waals surface area (Å²) in [5, 5.41) is -0.822. The van der Waals surface area contributed by atoms with Gasteiger partial charge < -0.3 is 0 Å². The van der Waals surface area contributed by atoms with E-state index in [0.29, 0.717) is 0 Å². The van der Waals surface area contributed by atoms with Crippen LogP contribution in [0, 0.1) is 0 Å². The molecule has 0 aliphatic rings. The number of benzene rings is 1. The molecule has 0 aliphatic heterocycles. The van der Waals surface area contributed by atoms with Crippen LogP contribution in [0.1, 0.15) is 12.0 Å². The predicted octanol–water partition coefficient (Wildman–Crippen LogP) is 3.79. The van der Waals surface area contributed by atoms with Crippen molar-refractivity contribution < 1.29 is 18.0 Å². The number of hydrogen-bond donors (Lipinski definition) is 0. The van der Waals surface area contributed by atoms with Gasteiger partial charge in [-0.15, -0.1) is 0 Å². The molecule has 0 N–H and O–H groups in total. The van der Waals surface area contributed by atoms with Crippen LogP contribution in [0.3, 0.4) is 0 Å². The van der Waals surface area contributed by atoms with Gasteiger partial charge in [-0.05, 0) is 17.2 Å². The smallest absolute Gasteiger partial charge is 0.281 e. The average Bonchev–Trinajstić information content (AvgIpc) is 2.17. The maximum atomic E-state index is 12.6. The third-order valence-corrected chi connectivity index (χ3v) is 2.01. The first-order valence-corrected chi connectivity index (χ1v) is 4.80. The number of carbonyl (C=O) groups excluding carboxylic acids is 1. The van der Waals surface area contributed by atoms with E-state index in [1.807, 2.05) is 0 Å². The molecule has 0 radical (unpaired) electrons. The molecule has 0 aliphatic carbocycles. The highest BCUT2D eigenvalue weighted by atomic mass is 35.5. The minimum atomic E-state index is -4.49. The first-order valence-electron chi connectivity index (χ1n) is 4.42. The molecule has 0 fully saturated rings. The second-order valence-corrected chi connectivity index (χ2v) is 3.46. The van der Waals surface area contributed by atoms with Gasteiger partial charge in [-0.2, -0.15) is 13.2 Å². The molecule has 0 bridgehead atoms.